The number of unbranched alkanes of at least 4 members (excludes halogenated alkanes) is 3. The summed E-state index contributed by atoms with van der Waals surface area (Å²) in [5.74, 6) is 1.67. The average Bonchev–Trinajstić information content (AvgIpc) is 3.57. The van der Waals surface area contributed by atoms with Crippen LogP contribution in [0.15, 0.2) is 12.1 Å². The smallest absolute Gasteiger partial charge is 0.222 e. The molecule has 5 aliphatic rings. The highest BCUT2D eigenvalue weighted by atomic mass is 16.5. The first kappa shape index (κ1) is 22.7. The van der Waals surface area contributed by atoms with Crippen molar-refractivity contribution in [2.24, 2.45) is 5.92 Å². The zero-order valence-electron chi connectivity index (χ0n) is 20.8. The van der Waals surface area contributed by atoms with Crippen molar-refractivity contribution >= 4 is 5.91 Å². The molecule has 1 spiro atoms. The SMILES string of the molecule is CCCCCCC(=O)N(C)[C@@H]1CC[C@@]2(O)[C@H]3Cc4ccc(O)c5c4[C@@]2(CCN3CC2CC2)[C@H]1O5. The molecule has 3 fully saturated rings. The van der Waals surface area contributed by atoms with Crippen molar-refractivity contribution in [1.82, 2.24) is 9.80 Å². The van der Waals surface area contributed by atoms with Gasteiger partial charge < -0.3 is 19.8 Å². The average molecular weight is 469 g/mol. The molecule has 1 amide bonds. The van der Waals surface area contributed by atoms with E-state index in [1.165, 1.54) is 24.8 Å². The number of aromatic hydroxyl groups is 1. The van der Waals surface area contributed by atoms with E-state index in [4.69, 9.17) is 4.74 Å². The van der Waals surface area contributed by atoms with Gasteiger partial charge in [-0.1, -0.05) is 32.3 Å². The summed E-state index contributed by atoms with van der Waals surface area (Å²) in [4.78, 5) is 17.6. The Morgan fingerprint density at radius 3 is 2.79 bits per heavy atom. The summed E-state index contributed by atoms with van der Waals surface area (Å²) in [6, 6.07) is 3.78. The Hall–Kier alpha value is -1.79. The minimum absolute atomic E-state index is 0.0759. The van der Waals surface area contributed by atoms with Crippen LogP contribution in [0.2, 0.25) is 0 Å². The Morgan fingerprint density at radius 1 is 1.21 bits per heavy atom. The maximum Gasteiger partial charge on any atom is 0.222 e. The normalized spacial score (nSPS) is 35.6. The highest BCUT2D eigenvalue weighted by Crippen LogP contribution is 2.66. The van der Waals surface area contributed by atoms with Gasteiger partial charge in [0.25, 0.3) is 0 Å². The molecule has 0 radical (unpaired) electrons. The molecule has 5 atom stereocenters. The predicted octanol–water partition coefficient (Wildman–Crippen LogP) is 3.75. The zero-order valence-corrected chi connectivity index (χ0v) is 20.8. The van der Waals surface area contributed by atoms with Crippen molar-refractivity contribution in [1.29, 1.82) is 0 Å². The number of hydrogen-bond acceptors (Lipinski definition) is 5. The number of benzene rings is 1. The molecular weight excluding hydrogens is 428 g/mol. The van der Waals surface area contributed by atoms with E-state index in [2.05, 4.69) is 11.8 Å². The second kappa shape index (κ2) is 8.12. The van der Waals surface area contributed by atoms with Crippen molar-refractivity contribution in [2.45, 2.75) is 107 Å². The molecule has 6 heteroatoms. The summed E-state index contributed by atoms with van der Waals surface area (Å²) in [6.45, 7) is 4.20. The van der Waals surface area contributed by atoms with Crippen LogP contribution in [0.3, 0.4) is 0 Å². The van der Waals surface area contributed by atoms with Crippen LogP contribution in [-0.2, 0) is 16.6 Å². The number of phenolic OH excluding ortho intramolecular Hbond substituents is 1. The second-order valence-corrected chi connectivity index (χ2v) is 11.7. The number of rotatable bonds is 8. The highest BCUT2D eigenvalue weighted by Gasteiger charge is 2.73. The van der Waals surface area contributed by atoms with Crippen molar-refractivity contribution in [3.63, 3.8) is 0 Å². The van der Waals surface area contributed by atoms with Crippen molar-refractivity contribution in [2.75, 3.05) is 20.1 Å². The Labute approximate surface area is 203 Å². The van der Waals surface area contributed by atoms with Gasteiger partial charge in [0, 0.05) is 31.6 Å². The number of likely N-dealkylation sites (tertiary alicyclic amines) is 1. The fourth-order valence-electron chi connectivity index (χ4n) is 7.92. The van der Waals surface area contributed by atoms with E-state index >= 15 is 0 Å². The van der Waals surface area contributed by atoms with E-state index in [0.717, 1.165) is 63.1 Å². The van der Waals surface area contributed by atoms with Gasteiger partial charge in [-0.3, -0.25) is 9.69 Å². The van der Waals surface area contributed by atoms with Crippen LogP contribution in [0.5, 0.6) is 11.5 Å². The van der Waals surface area contributed by atoms with E-state index < -0.39 is 11.0 Å². The van der Waals surface area contributed by atoms with Crippen molar-refractivity contribution in [3.8, 4) is 11.5 Å². The molecule has 6 nitrogen and oxygen atoms in total. The molecule has 2 saturated carbocycles. The fourth-order valence-corrected chi connectivity index (χ4v) is 7.92. The molecule has 6 rings (SSSR count). The Morgan fingerprint density at radius 2 is 2.03 bits per heavy atom. The van der Waals surface area contributed by atoms with Crippen LogP contribution < -0.4 is 4.74 Å². The predicted molar refractivity (Wildman–Crippen MR) is 130 cm³/mol. The first-order valence-electron chi connectivity index (χ1n) is 13.6. The third kappa shape index (κ3) is 3.10. The Bertz CT molecular complexity index is 977. The number of carbonyl (C=O) groups is 1. The Kier molecular flexibility index (Phi) is 5.41. The van der Waals surface area contributed by atoms with E-state index in [9.17, 15) is 15.0 Å². The minimum Gasteiger partial charge on any atom is -0.504 e. The molecule has 0 aromatic heterocycles. The Balaban J connectivity index is 1.35. The quantitative estimate of drug-likeness (QED) is 0.569. The van der Waals surface area contributed by atoms with Crippen LogP contribution in [0.25, 0.3) is 0 Å². The number of piperidine rings is 1. The lowest BCUT2D eigenvalue weighted by atomic mass is 9.48. The van der Waals surface area contributed by atoms with Gasteiger partial charge in [-0.25, -0.2) is 0 Å². The monoisotopic (exact) mass is 468 g/mol. The van der Waals surface area contributed by atoms with Crippen molar-refractivity contribution < 1.29 is 19.7 Å². The molecule has 3 aliphatic carbocycles. The van der Waals surface area contributed by atoms with Gasteiger partial charge in [0.05, 0.1) is 17.1 Å². The molecule has 2 heterocycles. The lowest BCUT2D eigenvalue weighted by Crippen LogP contribution is -2.78. The number of likely N-dealkylation sites (N-methyl/N-ethyl adjacent to an activating group) is 1. The number of phenols is 1. The van der Waals surface area contributed by atoms with Crippen LogP contribution in [0.1, 0.15) is 82.3 Å². The minimum atomic E-state index is -0.891. The van der Waals surface area contributed by atoms with Crippen LogP contribution >= 0.6 is 0 Å². The maximum absolute atomic E-state index is 13.2. The van der Waals surface area contributed by atoms with Gasteiger partial charge >= 0.3 is 0 Å². The third-order valence-electron chi connectivity index (χ3n) is 9.87. The zero-order chi connectivity index (χ0) is 23.7. The van der Waals surface area contributed by atoms with Gasteiger partial charge in [0.2, 0.25) is 5.91 Å². The van der Waals surface area contributed by atoms with E-state index in [1.54, 1.807) is 6.07 Å². The summed E-state index contributed by atoms with van der Waals surface area (Å²) in [7, 11) is 1.92. The topological polar surface area (TPSA) is 73.2 Å². The number of ether oxygens (including phenoxy) is 1. The molecule has 34 heavy (non-hydrogen) atoms. The number of hydrogen-bond donors (Lipinski definition) is 2. The molecular formula is C28H40N2O4. The maximum atomic E-state index is 13.2. The third-order valence-corrected chi connectivity index (χ3v) is 9.87. The largest absolute Gasteiger partial charge is 0.504 e. The first-order valence-corrected chi connectivity index (χ1v) is 13.6. The van der Waals surface area contributed by atoms with Gasteiger partial charge in [0.1, 0.15) is 6.10 Å². The van der Waals surface area contributed by atoms with Gasteiger partial charge in [0.15, 0.2) is 11.5 Å². The molecule has 186 valence electrons. The number of nitrogens with zero attached hydrogens (tertiary/aromatic N) is 2. The summed E-state index contributed by atoms with van der Waals surface area (Å²) < 4.78 is 6.61. The molecule has 1 aromatic carbocycles. The lowest BCUT2D eigenvalue weighted by molar-refractivity contribution is -0.200. The molecule has 2 bridgehead atoms. The van der Waals surface area contributed by atoms with Gasteiger partial charge in [-0.2, -0.15) is 0 Å². The van der Waals surface area contributed by atoms with Gasteiger partial charge in [-0.15, -0.1) is 0 Å². The van der Waals surface area contributed by atoms with Crippen molar-refractivity contribution in [3.05, 3.63) is 23.3 Å². The summed E-state index contributed by atoms with van der Waals surface area (Å²) in [6.07, 6.45) is 10.2. The number of carbonyl (C=O) groups excluding carboxylic acids is 1. The molecule has 0 unspecified atom stereocenters. The molecule has 1 saturated heterocycles. The fraction of sp³-hybridized carbons (Fsp3) is 0.750. The number of amides is 1. The van der Waals surface area contributed by atoms with Crippen LogP contribution in [0.4, 0.5) is 0 Å². The van der Waals surface area contributed by atoms with Gasteiger partial charge in [-0.05, 0) is 69.0 Å². The van der Waals surface area contributed by atoms with E-state index in [-0.39, 0.29) is 29.8 Å². The van der Waals surface area contributed by atoms with Crippen LogP contribution in [-0.4, -0.2) is 69.8 Å². The summed E-state index contributed by atoms with van der Waals surface area (Å²) in [5.41, 5.74) is 0.799. The standard InChI is InChI=1S/C28H40N2O4/c1-3-4-5-6-7-23(32)29(2)20-12-13-28(33)22-16-19-10-11-21(31)25-24(19)27(28,26(20)34-25)14-15-30(22)17-18-8-9-18/h10-11,18,20,22,26,31,33H,3-9,12-17H2,1-2H3/t20-,22-,26+,27+,28-/m1/s1. The molecule has 1 aromatic rings. The lowest BCUT2D eigenvalue weighted by Gasteiger charge is -2.64. The second-order valence-electron chi connectivity index (χ2n) is 11.7. The molecule has 2 aliphatic heterocycles. The number of aliphatic hydroxyl groups is 1. The van der Waals surface area contributed by atoms with Crippen LogP contribution in [0, 0.1) is 5.92 Å². The summed E-state index contributed by atoms with van der Waals surface area (Å²) in [5, 5.41) is 23.3. The van der Waals surface area contributed by atoms with E-state index in [1.807, 2.05) is 18.0 Å². The van der Waals surface area contributed by atoms with E-state index in [0.29, 0.717) is 18.6 Å². The first-order chi connectivity index (χ1) is 16.4. The summed E-state index contributed by atoms with van der Waals surface area (Å²) >= 11 is 0. The highest BCUT2D eigenvalue weighted by molar-refractivity contribution is 5.76. The molecule has 2 N–H and O–H groups in total.